The zero-order valence-electron chi connectivity index (χ0n) is 49.0. The molecule has 77 heavy (non-hydrogen) atoms. The quantitative estimate of drug-likeness (QED) is 0.147. The first-order valence-corrected chi connectivity index (χ1v) is 29.0. The molecule has 0 saturated carbocycles. The molecule has 0 atom stereocenters. The van der Waals surface area contributed by atoms with E-state index in [9.17, 15) is 0 Å². The molecule has 0 fully saturated rings. The molecule has 2 heterocycles. The molecule has 0 N–H and O–H groups in total. The van der Waals surface area contributed by atoms with Gasteiger partial charge in [0.1, 0.15) is 0 Å². The van der Waals surface area contributed by atoms with E-state index in [2.05, 4.69) is 277 Å². The zero-order chi connectivity index (χ0) is 54.4. The Kier molecular flexibility index (Phi) is 11.8. The lowest BCUT2D eigenvalue weighted by molar-refractivity contribution is 0.332. The third-order valence-corrected chi connectivity index (χ3v) is 19.4. The Hall–Kier alpha value is -6.58. The Morgan fingerprint density at radius 2 is 0.896 bits per heavy atom. The van der Waals surface area contributed by atoms with Gasteiger partial charge in [-0.15, -0.1) is 0 Å². The first-order valence-electron chi connectivity index (χ1n) is 29.0. The molecule has 8 aromatic carbocycles. The zero-order valence-corrected chi connectivity index (χ0v) is 49.0. The minimum absolute atomic E-state index is 0.0153. The molecule has 12 rings (SSSR count). The molecule has 0 radical (unpaired) electrons. The van der Waals surface area contributed by atoms with Crippen LogP contribution in [0.5, 0.6) is 0 Å². The average molecular weight is 1010 g/mol. The molecule has 2 nitrogen and oxygen atoms in total. The minimum Gasteiger partial charge on any atom is -0.311 e. The highest BCUT2D eigenvalue weighted by Gasteiger charge is 2.48. The van der Waals surface area contributed by atoms with Crippen LogP contribution in [0.4, 0.5) is 34.1 Å². The van der Waals surface area contributed by atoms with Gasteiger partial charge in [-0.05, 0) is 179 Å². The summed E-state index contributed by atoms with van der Waals surface area (Å²) in [5, 5.41) is 0. The molecular weight excluding hydrogens is 928 g/mol. The fourth-order valence-corrected chi connectivity index (χ4v) is 14.0. The first-order chi connectivity index (χ1) is 36.4. The number of rotatable bonds is 7. The van der Waals surface area contributed by atoms with Crippen LogP contribution in [0.15, 0.2) is 164 Å². The lowest BCUT2D eigenvalue weighted by Gasteiger charge is -2.48. The minimum atomic E-state index is -0.264. The maximum absolute atomic E-state index is 2.74. The van der Waals surface area contributed by atoms with Crippen LogP contribution in [-0.2, 0) is 32.5 Å². The van der Waals surface area contributed by atoms with Gasteiger partial charge >= 0.3 is 0 Å². The average Bonchev–Trinajstić information content (AvgIpc) is 3.56. The van der Waals surface area contributed by atoms with Crippen molar-refractivity contribution in [2.24, 2.45) is 0 Å². The summed E-state index contributed by atoms with van der Waals surface area (Å²) >= 11 is 0. The fourth-order valence-electron chi connectivity index (χ4n) is 14.0. The van der Waals surface area contributed by atoms with E-state index in [0.29, 0.717) is 0 Å². The second kappa shape index (κ2) is 17.7. The number of hydrogen-bond donors (Lipinski definition) is 0. The van der Waals surface area contributed by atoms with Crippen LogP contribution < -0.4 is 26.2 Å². The molecule has 0 amide bonds. The van der Waals surface area contributed by atoms with E-state index >= 15 is 0 Å². The maximum atomic E-state index is 2.74. The van der Waals surface area contributed by atoms with Crippen LogP contribution >= 0.6 is 0 Å². The van der Waals surface area contributed by atoms with E-state index in [-0.39, 0.29) is 45.1 Å². The van der Waals surface area contributed by atoms with Gasteiger partial charge in [0, 0.05) is 45.0 Å². The lowest BCUT2D eigenvalue weighted by atomic mass is 9.32. The number of nitrogens with zero attached hydrogens (tertiary/aromatic N) is 2. The van der Waals surface area contributed by atoms with Crippen molar-refractivity contribution in [2.45, 2.75) is 168 Å². The number of anilines is 6. The van der Waals surface area contributed by atoms with E-state index in [4.69, 9.17) is 0 Å². The Labute approximate surface area is 463 Å². The van der Waals surface area contributed by atoms with Gasteiger partial charge in [0.05, 0.1) is 5.69 Å². The largest absolute Gasteiger partial charge is 0.311 e. The van der Waals surface area contributed by atoms with Crippen LogP contribution in [0.2, 0.25) is 0 Å². The second-order valence-corrected chi connectivity index (χ2v) is 28.1. The SMILES string of the molecule is CC(C)c1cc2c3c(c1)N(c1c(-c4ccccc4)cc(C(C)(C)C)cc1-c1ccccc1)c1ccc(C(C)(C)c4ccccc4)cc1B3c1cc3c(cc1N2c1ccc2c(c1)C(C)(C)CCC2(C)C)C(C)(C)CCC3(C)C. The van der Waals surface area contributed by atoms with Gasteiger partial charge in [0.25, 0.3) is 6.71 Å². The molecular formula is C74H81BN2. The predicted octanol–water partition coefficient (Wildman–Crippen LogP) is 18.5. The topological polar surface area (TPSA) is 6.48 Å². The van der Waals surface area contributed by atoms with E-state index in [0.717, 1.165) is 12.8 Å². The second-order valence-electron chi connectivity index (χ2n) is 28.1. The molecule has 2 aliphatic carbocycles. The third kappa shape index (κ3) is 8.26. The normalized spacial score (nSPS) is 17.5. The molecule has 390 valence electrons. The van der Waals surface area contributed by atoms with Crippen molar-refractivity contribution in [2.75, 3.05) is 9.80 Å². The Morgan fingerprint density at radius 1 is 0.416 bits per heavy atom. The summed E-state index contributed by atoms with van der Waals surface area (Å²) in [6.45, 7) is 36.5. The highest BCUT2D eigenvalue weighted by atomic mass is 15.2. The van der Waals surface area contributed by atoms with E-state index < -0.39 is 0 Å². The summed E-state index contributed by atoms with van der Waals surface area (Å²) in [4.78, 5) is 5.48. The van der Waals surface area contributed by atoms with Gasteiger partial charge in [0.2, 0.25) is 0 Å². The van der Waals surface area contributed by atoms with Crippen LogP contribution in [0.1, 0.15) is 180 Å². The molecule has 0 saturated heterocycles. The van der Waals surface area contributed by atoms with Gasteiger partial charge < -0.3 is 9.80 Å². The van der Waals surface area contributed by atoms with Crippen LogP contribution in [-0.4, -0.2) is 6.71 Å². The molecule has 0 unspecified atom stereocenters. The summed E-state index contributed by atoms with van der Waals surface area (Å²) in [7, 11) is 0. The van der Waals surface area contributed by atoms with Crippen molar-refractivity contribution < 1.29 is 0 Å². The number of hydrogen-bond acceptors (Lipinski definition) is 2. The summed E-state index contributed by atoms with van der Waals surface area (Å²) in [5.74, 6) is 0.271. The van der Waals surface area contributed by atoms with Crippen LogP contribution in [0.25, 0.3) is 22.3 Å². The highest BCUT2D eigenvalue weighted by molar-refractivity contribution is 7.00. The standard InChI is InChI=1S/C74H81BN2/c1-47(2)50-39-65-67-66(40-50)77(68-55(48-25-19-16-20-26-48)41-53(69(3,4)5)42-56(68)49-27-21-17-22-28-49)63-34-31-52(74(14,15)51-29-23-18-24-30-51)43-61(63)75(67)62-45-59-60(73(12,13)38-37-72(59,10)11)46-64(62)76(65)54-32-33-57-58(44-54)71(8,9)36-35-70(57,6)7/h16-34,39-47H,35-38H2,1-15H3. The van der Waals surface area contributed by atoms with Gasteiger partial charge in [-0.1, -0.05) is 219 Å². The predicted molar refractivity (Wildman–Crippen MR) is 333 cm³/mol. The van der Waals surface area contributed by atoms with Crippen molar-refractivity contribution in [3.63, 3.8) is 0 Å². The summed E-state index contributed by atoms with van der Waals surface area (Å²) in [6, 6.07) is 64.4. The third-order valence-electron chi connectivity index (χ3n) is 19.4. The molecule has 0 spiro atoms. The van der Waals surface area contributed by atoms with Crippen molar-refractivity contribution in [3.8, 4) is 22.3 Å². The summed E-state index contributed by atoms with van der Waals surface area (Å²) in [6.07, 6.45) is 4.67. The molecule has 2 aliphatic heterocycles. The van der Waals surface area contributed by atoms with Gasteiger partial charge in [-0.3, -0.25) is 0 Å². The molecule has 4 aliphatic rings. The molecule has 3 heteroatoms. The van der Waals surface area contributed by atoms with Crippen molar-refractivity contribution in [1.82, 2.24) is 0 Å². The van der Waals surface area contributed by atoms with Crippen molar-refractivity contribution in [3.05, 3.63) is 208 Å². The molecule has 0 aromatic heterocycles. The smallest absolute Gasteiger partial charge is 0.252 e. The monoisotopic (exact) mass is 1010 g/mol. The van der Waals surface area contributed by atoms with Crippen LogP contribution in [0.3, 0.4) is 0 Å². The number of fused-ring (bicyclic) bond motifs is 6. The Bertz CT molecular complexity index is 3560. The first kappa shape index (κ1) is 51.2. The summed E-state index contributed by atoms with van der Waals surface area (Å²) < 4.78 is 0. The fraction of sp³-hybridized carbons (Fsp3) is 0.351. The number of benzene rings is 8. The van der Waals surface area contributed by atoms with Crippen molar-refractivity contribution >= 4 is 57.2 Å². The van der Waals surface area contributed by atoms with E-state index in [1.54, 1.807) is 0 Å². The van der Waals surface area contributed by atoms with Crippen molar-refractivity contribution in [1.29, 1.82) is 0 Å². The maximum Gasteiger partial charge on any atom is 0.252 e. The van der Waals surface area contributed by atoms with Crippen LogP contribution in [0, 0.1) is 0 Å². The Morgan fingerprint density at radius 3 is 1.43 bits per heavy atom. The van der Waals surface area contributed by atoms with Gasteiger partial charge in [0.15, 0.2) is 0 Å². The molecule has 8 aromatic rings. The Balaban J connectivity index is 1.26. The summed E-state index contributed by atoms with van der Waals surface area (Å²) in [5.41, 5.74) is 27.8. The molecule has 0 bridgehead atoms. The lowest BCUT2D eigenvalue weighted by Crippen LogP contribution is -2.62. The van der Waals surface area contributed by atoms with E-state index in [1.165, 1.54) is 130 Å². The van der Waals surface area contributed by atoms with Gasteiger partial charge in [-0.25, -0.2) is 0 Å². The van der Waals surface area contributed by atoms with E-state index in [1.807, 2.05) is 0 Å². The highest BCUT2D eigenvalue weighted by Crippen LogP contribution is 2.55. The van der Waals surface area contributed by atoms with Gasteiger partial charge in [-0.2, -0.15) is 0 Å².